The van der Waals surface area contributed by atoms with Crippen molar-refractivity contribution in [2.24, 2.45) is 0 Å². The number of hydrogen-bond donors (Lipinski definition) is 1. The highest BCUT2D eigenvalue weighted by Crippen LogP contribution is 2.33. The largest absolute Gasteiger partial charge is 0.343 e. The normalized spacial score (nSPS) is 16.7. The summed E-state index contributed by atoms with van der Waals surface area (Å²) >= 11 is 0. The predicted molar refractivity (Wildman–Crippen MR) is 112 cm³/mol. The van der Waals surface area contributed by atoms with Gasteiger partial charge in [-0.1, -0.05) is 55.0 Å². The van der Waals surface area contributed by atoms with Gasteiger partial charge in [-0.2, -0.15) is 0 Å². The lowest BCUT2D eigenvalue weighted by Crippen LogP contribution is -2.55. The Hall–Kier alpha value is -2.13. The summed E-state index contributed by atoms with van der Waals surface area (Å²) in [7, 11) is 0. The molecule has 2 aromatic rings. The zero-order valence-electron chi connectivity index (χ0n) is 17.1. The molecule has 0 spiro atoms. The highest BCUT2D eigenvalue weighted by Gasteiger charge is 2.38. The molecule has 0 aromatic heterocycles. The minimum Gasteiger partial charge on any atom is -0.343 e. The zero-order valence-corrected chi connectivity index (χ0v) is 17.1. The average molecular weight is 365 g/mol. The molecule has 3 heteroatoms. The van der Waals surface area contributed by atoms with Crippen molar-refractivity contribution in [3.05, 3.63) is 70.8 Å². The van der Waals surface area contributed by atoms with E-state index in [4.69, 9.17) is 0 Å². The third-order valence-electron chi connectivity index (χ3n) is 5.99. The molecule has 1 aliphatic rings. The quantitative estimate of drug-likeness (QED) is 0.806. The molecule has 27 heavy (non-hydrogen) atoms. The summed E-state index contributed by atoms with van der Waals surface area (Å²) in [5, 5.41) is 3.39. The van der Waals surface area contributed by atoms with Gasteiger partial charge in [0.1, 0.15) is 0 Å². The van der Waals surface area contributed by atoms with E-state index < -0.39 is 0 Å². The van der Waals surface area contributed by atoms with Crippen molar-refractivity contribution in [2.45, 2.75) is 58.5 Å². The second kappa shape index (κ2) is 8.26. The number of amides is 1. The Morgan fingerprint density at radius 2 is 1.52 bits per heavy atom. The van der Waals surface area contributed by atoms with E-state index in [1.807, 2.05) is 38.1 Å². The molecule has 0 bridgehead atoms. The monoisotopic (exact) mass is 364 g/mol. The van der Waals surface area contributed by atoms with Gasteiger partial charge in [0.25, 0.3) is 5.91 Å². The lowest BCUT2D eigenvalue weighted by Gasteiger charge is -2.46. The molecule has 1 N–H and O–H groups in total. The Balaban J connectivity index is 1.94. The number of likely N-dealkylation sites (tertiary alicyclic amines) is 1. The molecule has 0 radical (unpaired) electrons. The number of aryl methyl sites for hydroxylation is 2. The first-order chi connectivity index (χ1) is 12.9. The highest BCUT2D eigenvalue weighted by molar-refractivity contribution is 5.97. The van der Waals surface area contributed by atoms with Crippen molar-refractivity contribution in [2.75, 3.05) is 13.1 Å². The molecular weight excluding hydrogens is 332 g/mol. The van der Waals surface area contributed by atoms with Gasteiger partial charge in [-0.05, 0) is 70.3 Å². The Bertz CT molecular complexity index is 756. The van der Waals surface area contributed by atoms with Crippen LogP contribution in [0.25, 0.3) is 0 Å². The molecule has 144 valence electrons. The van der Waals surface area contributed by atoms with E-state index in [1.165, 1.54) is 19.3 Å². The Kier molecular flexibility index (Phi) is 6.01. The highest BCUT2D eigenvalue weighted by atomic mass is 16.1. The van der Waals surface area contributed by atoms with Crippen LogP contribution >= 0.6 is 0 Å². The first-order valence-electron chi connectivity index (χ1n) is 10.1. The lowest BCUT2D eigenvalue weighted by molar-refractivity contribution is 0.0546. The number of carbonyl (C=O) groups excluding carboxylic acids is 1. The van der Waals surface area contributed by atoms with E-state index >= 15 is 0 Å². The second-order valence-corrected chi connectivity index (χ2v) is 8.29. The van der Waals surface area contributed by atoms with Gasteiger partial charge in [0, 0.05) is 11.1 Å². The number of nitrogens with one attached hydrogen (secondary N) is 1. The van der Waals surface area contributed by atoms with Crippen LogP contribution in [0.15, 0.2) is 48.5 Å². The van der Waals surface area contributed by atoms with Gasteiger partial charge in [0.05, 0.1) is 6.04 Å². The maximum absolute atomic E-state index is 13.3. The minimum atomic E-state index is -0.159. The number of carbonyl (C=O) groups is 1. The third kappa shape index (κ3) is 4.24. The molecule has 1 aliphatic heterocycles. The molecular formula is C24H32N2O. The fourth-order valence-electron chi connectivity index (χ4n) is 4.34. The van der Waals surface area contributed by atoms with E-state index in [2.05, 4.69) is 48.3 Å². The summed E-state index contributed by atoms with van der Waals surface area (Å²) in [6, 6.07) is 16.4. The van der Waals surface area contributed by atoms with Crippen LogP contribution in [-0.2, 0) is 0 Å². The average Bonchev–Trinajstić information content (AvgIpc) is 2.67. The van der Waals surface area contributed by atoms with Crippen LogP contribution in [0.5, 0.6) is 0 Å². The molecule has 1 fully saturated rings. The van der Waals surface area contributed by atoms with E-state index in [0.29, 0.717) is 0 Å². The van der Waals surface area contributed by atoms with Gasteiger partial charge in [-0.3, -0.25) is 9.69 Å². The Morgan fingerprint density at radius 3 is 2.11 bits per heavy atom. The van der Waals surface area contributed by atoms with Gasteiger partial charge in [-0.15, -0.1) is 0 Å². The van der Waals surface area contributed by atoms with Gasteiger partial charge in [0.15, 0.2) is 0 Å². The Morgan fingerprint density at radius 1 is 0.926 bits per heavy atom. The van der Waals surface area contributed by atoms with Crippen molar-refractivity contribution < 1.29 is 4.79 Å². The van der Waals surface area contributed by atoms with Crippen LogP contribution in [0.1, 0.15) is 66.2 Å². The minimum absolute atomic E-state index is 0.0181. The maximum atomic E-state index is 13.3. The molecule has 3 rings (SSSR count). The van der Waals surface area contributed by atoms with Crippen molar-refractivity contribution in [3.8, 4) is 0 Å². The zero-order chi connectivity index (χ0) is 19.4. The molecule has 3 nitrogen and oxygen atoms in total. The summed E-state index contributed by atoms with van der Waals surface area (Å²) in [5.74, 6) is 0.0181. The van der Waals surface area contributed by atoms with E-state index in [-0.39, 0.29) is 17.5 Å². The Labute approximate surface area is 163 Å². The summed E-state index contributed by atoms with van der Waals surface area (Å²) in [4.78, 5) is 15.8. The second-order valence-electron chi connectivity index (χ2n) is 8.29. The topological polar surface area (TPSA) is 32.3 Å². The van der Waals surface area contributed by atoms with Gasteiger partial charge in [-0.25, -0.2) is 0 Å². The summed E-state index contributed by atoms with van der Waals surface area (Å²) in [6.45, 7) is 10.7. The number of nitrogens with zero attached hydrogens (tertiary/aromatic N) is 1. The van der Waals surface area contributed by atoms with Gasteiger partial charge in [0.2, 0.25) is 0 Å². The molecule has 1 amide bonds. The van der Waals surface area contributed by atoms with Crippen LogP contribution in [0.2, 0.25) is 0 Å². The smallest absolute Gasteiger partial charge is 0.252 e. The van der Waals surface area contributed by atoms with Crippen LogP contribution < -0.4 is 5.32 Å². The van der Waals surface area contributed by atoms with Gasteiger partial charge < -0.3 is 5.32 Å². The number of rotatable bonds is 5. The van der Waals surface area contributed by atoms with E-state index in [1.54, 1.807) is 0 Å². The number of benzene rings is 2. The number of piperidine rings is 1. The van der Waals surface area contributed by atoms with Crippen LogP contribution in [0.4, 0.5) is 0 Å². The lowest BCUT2D eigenvalue weighted by atomic mass is 9.85. The SMILES string of the molecule is Cc1cccc(C)c1C(=O)NC(c1ccccc1)C(C)(C)N1CCCCC1. The van der Waals surface area contributed by atoms with Crippen molar-refractivity contribution in [1.29, 1.82) is 0 Å². The fourth-order valence-corrected chi connectivity index (χ4v) is 4.34. The molecule has 1 atom stereocenters. The molecule has 1 unspecified atom stereocenters. The molecule has 1 saturated heterocycles. The van der Waals surface area contributed by atoms with Crippen molar-refractivity contribution in [3.63, 3.8) is 0 Å². The summed E-state index contributed by atoms with van der Waals surface area (Å²) in [5.41, 5.74) is 3.85. The summed E-state index contributed by atoms with van der Waals surface area (Å²) < 4.78 is 0. The maximum Gasteiger partial charge on any atom is 0.252 e. The predicted octanol–water partition coefficient (Wildman–Crippen LogP) is 5.04. The number of hydrogen-bond acceptors (Lipinski definition) is 2. The van der Waals surface area contributed by atoms with E-state index in [9.17, 15) is 4.79 Å². The van der Waals surface area contributed by atoms with Gasteiger partial charge >= 0.3 is 0 Å². The van der Waals surface area contributed by atoms with E-state index in [0.717, 1.165) is 35.3 Å². The van der Waals surface area contributed by atoms with Crippen LogP contribution in [-0.4, -0.2) is 29.4 Å². The van der Waals surface area contributed by atoms with Crippen LogP contribution in [0.3, 0.4) is 0 Å². The molecule has 1 heterocycles. The third-order valence-corrected chi connectivity index (χ3v) is 5.99. The van der Waals surface area contributed by atoms with Crippen molar-refractivity contribution in [1.82, 2.24) is 10.2 Å². The van der Waals surface area contributed by atoms with Crippen LogP contribution in [0, 0.1) is 13.8 Å². The standard InChI is InChI=1S/C24H32N2O/c1-18-12-11-13-19(2)21(18)23(27)25-22(20-14-7-5-8-15-20)24(3,4)26-16-9-6-10-17-26/h5,7-8,11-15,22H,6,9-10,16-17H2,1-4H3,(H,25,27). The summed E-state index contributed by atoms with van der Waals surface area (Å²) in [6.07, 6.45) is 3.77. The molecule has 2 aromatic carbocycles. The molecule has 0 aliphatic carbocycles. The fraction of sp³-hybridized carbons (Fsp3) is 0.458. The molecule has 0 saturated carbocycles. The first-order valence-corrected chi connectivity index (χ1v) is 10.1. The van der Waals surface area contributed by atoms with Crippen molar-refractivity contribution >= 4 is 5.91 Å². The first kappa shape index (κ1) is 19.6.